The average Bonchev–Trinajstić information content (AvgIpc) is 3.35. The Hall–Kier alpha value is -2.09. The van der Waals surface area contributed by atoms with Gasteiger partial charge in [0, 0.05) is 43.4 Å². The van der Waals surface area contributed by atoms with Crippen LogP contribution in [0.3, 0.4) is 0 Å². The lowest BCUT2D eigenvalue weighted by Gasteiger charge is -2.25. The maximum absolute atomic E-state index is 12.4. The van der Waals surface area contributed by atoms with Crippen molar-refractivity contribution in [1.29, 1.82) is 0 Å². The number of Topliss-reactive ketones (excluding diaryl/α,β-unsaturated/α-hetero) is 1. The molecule has 1 aliphatic heterocycles. The van der Waals surface area contributed by atoms with Gasteiger partial charge >= 0.3 is 0 Å². The SMILES string of the molecule is O=C(CCC(=O)c1ccc2c(c1)CCC2)Nc1nc(CN2CCOCC2)cs1. The molecule has 148 valence electrons. The van der Waals surface area contributed by atoms with Crippen molar-refractivity contribution in [2.75, 3.05) is 31.6 Å². The van der Waals surface area contributed by atoms with E-state index in [0.29, 0.717) is 5.13 Å². The first-order valence-electron chi connectivity index (χ1n) is 9.87. The van der Waals surface area contributed by atoms with Crippen molar-refractivity contribution < 1.29 is 14.3 Å². The Morgan fingerprint density at radius 3 is 2.82 bits per heavy atom. The van der Waals surface area contributed by atoms with Crippen molar-refractivity contribution in [3.05, 3.63) is 46.0 Å². The molecule has 2 aromatic rings. The first kappa shape index (κ1) is 19.2. The predicted octanol–water partition coefficient (Wildman–Crippen LogP) is 3.07. The molecular weight excluding hydrogens is 374 g/mol. The lowest BCUT2D eigenvalue weighted by molar-refractivity contribution is -0.116. The third kappa shape index (κ3) is 4.84. The molecule has 1 amide bonds. The van der Waals surface area contributed by atoms with Gasteiger partial charge in [0.15, 0.2) is 10.9 Å². The number of carbonyl (C=O) groups is 2. The van der Waals surface area contributed by atoms with Gasteiger partial charge in [0.05, 0.1) is 18.9 Å². The Bertz CT molecular complexity index is 858. The van der Waals surface area contributed by atoms with Crippen molar-refractivity contribution in [2.45, 2.75) is 38.6 Å². The lowest BCUT2D eigenvalue weighted by Crippen LogP contribution is -2.35. The number of hydrogen-bond acceptors (Lipinski definition) is 6. The van der Waals surface area contributed by atoms with Crippen molar-refractivity contribution in [1.82, 2.24) is 9.88 Å². The van der Waals surface area contributed by atoms with Crippen molar-refractivity contribution >= 4 is 28.2 Å². The largest absolute Gasteiger partial charge is 0.379 e. The Morgan fingerprint density at radius 2 is 1.96 bits per heavy atom. The fourth-order valence-electron chi connectivity index (χ4n) is 3.72. The number of rotatable bonds is 7. The van der Waals surface area contributed by atoms with Gasteiger partial charge in [-0.1, -0.05) is 12.1 Å². The standard InChI is InChI=1S/C21H25N3O3S/c25-19(17-5-4-15-2-1-3-16(15)12-17)6-7-20(26)23-21-22-18(14-28-21)13-24-8-10-27-11-9-24/h4-5,12,14H,1-3,6-11,13H2,(H,22,23,26). The van der Waals surface area contributed by atoms with Crippen LogP contribution < -0.4 is 5.32 Å². The van der Waals surface area contributed by atoms with E-state index in [0.717, 1.165) is 63.4 Å². The van der Waals surface area contributed by atoms with Gasteiger partial charge in [0.2, 0.25) is 5.91 Å². The predicted molar refractivity (Wildman–Crippen MR) is 109 cm³/mol. The zero-order valence-electron chi connectivity index (χ0n) is 15.9. The minimum absolute atomic E-state index is 0.0250. The third-order valence-electron chi connectivity index (χ3n) is 5.29. The average molecular weight is 400 g/mol. The first-order valence-corrected chi connectivity index (χ1v) is 10.7. The molecule has 6 nitrogen and oxygen atoms in total. The zero-order chi connectivity index (χ0) is 19.3. The zero-order valence-corrected chi connectivity index (χ0v) is 16.7. The van der Waals surface area contributed by atoms with E-state index in [9.17, 15) is 9.59 Å². The molecule has 1 aromatic heterocycles. The Kier molecular flexibility index (Phi) is 6.14. The van der Waals surface area contributed by atoms with Gasteiger partial charge in [-0.3, -0.25) is 14.5 Å². The smallest absolute Gasteiger partial charge is 0.226 e. The number of nitrogens with one attached hydrogen (secondary N) is 1. The second-order valence-electron chi connectivity index (χ2n) is 7.34. The van der Waals surface area contributed by atoms with E-state index < -0.39 is 0 Å². The van der Waals surface area contributed by atoms with Gasteiger partial charge in [-0.25, -0.2) is 4.98 Å². The van der Waals surface area contributed by atoms with Crippen LogP contribution >= 0.6 is 11.3 Å². The van der Waals surface area contributed by atoms with Gasteiger partial charge in [-0.05, 0) is 36.5 Å². The van der Waals surface area contributed by atoms with Crippen LogP contribution in [0.1, 0.15) is 46.4 Å². The summed E-state index contributed by atoms with van der Waals surface area (Å²) in [6.45, 7) is 4.10. The topological polar surface area (TPSA) is 71.5 Å². The molecule has 0 radical (unpaired) electrons. The summed E-state index contributed by atoms with van der Waals surface area (Å²) in [6.07, 6.45) is 3.71. The molecular formula is C21H25N3O3S. The monoisotopic (exact) mass is 399 g/mol. The quantitative estimate of drug-likeness (QED) is 0.725. The fourth-order valence-corrected chi connectivity index (χ4v) is 4.44. The summed E-state index contributed by atoms with van der Waals surface area (Å²) in [5.74, 6) is -0.140. The minimum Gasteiger partial charge on any atom is -0.379 e. The van der Waals surface area contributed by atoms with Crippen LogP contribution in [0.5, 0.6) is 0 Å². The number of aromatic nitrogens is 1. The molecule has 1 aromatic carbocycles. The summed E-state index contributed by atoms with van der Waals surface area (Å²) in [6, 6.07) is 5.95. The molecule has 1 aliphatic carbocycles. The molecule has 0 spiro atoms. The summed E-state index contributed by atoms with van der Waals surface area (Å²) < 4.78 is 5.35. The van der Waals surface area contributed by atoms with E-state index in [-0.39, 0.29) is 24.5 Å². The molecule has 2 aliphatic rings. The van der Waals surface area contributed by atoms with Crippen LogP contribution in [-0.2, 0) is 28.9 Å². The lowest BCUT2D eigenvalue weighted by atomic mass is 10.0. The molecule has 1 fully saturated rings. The molecule has 0 atom stereocenters. The summed E-state index contributed by atoms with van der Waals surface area (Å²) in [7, 11) is 0. The van der Waals surface area contributed by atoms with Crippen molar-refractivity contribution in [2.24, 2.45) is 0 Å². The van der Waals surface area contributed by atoms with E-state index in [1.807, 2.05) is 17.5 Å². The van der Waals surface area contributed by atoms with Crippen LogP contribution in [0.2, 0.25) is 0 Å². The second kappa shape index (κ2) is 8.94. The summed E-state index contributed by atoms with van der Waals surface area (Å²) in [5.41, 5.74) is 4.31. The Labute approximate surface area is 168 Å². The number of ketones is 1. The Balaban J connectivity index is 1.24. The summed E-state index contributed by atoms with van der Waals surface area (Å²) >= 11 is 1.42. The highest BCUT2D eigenvalue weighted by molar-refractivity contribution is 7.13. The molecule has 1 saturated heterocycles. The molecule has 7 heteroatoms. The highest BCUT2D eigenvalue weighted by Gasteiger charge is 2.16. The van der Waals surface area contributed by atoms with Gasteiger partial charge in [0.1, 0.15) is 0 Å². The Morgan fingerprint density at radius 1 is 1.14 bits per heavy atom. The number of aryl methyl sites for hydroxylation is 2. The molecule has 2 heterocycles. The van der Waals surface area contributed by atoms with Gasteiger partial charge in [-0.2, -0.15) is 0 Å². The van der Waals surface area contributed by atoms with Crippen molar-refractivity contribution in [3.8, 4) is 0 Å². The van der Waals surface area contributed by atoms with Gasteiger partial charge in [0.25, 0.3) is 0 Å². The summed E-state index contributed by atoms with van der Waals surface area (Å²) in [4.78, 5) is 31.4. The molecule has 4 rings (SSSR count). The van der Waals surface area contributed by atoms with Gasteiger partial charge in [-0.15, -0.1) is 11.3 Å². The molecule has 1 N–H and O–H groups in total. The van der Waals surface area contributed by atoms with Gasteiger partial charge < -0.3 is 10.1 Å². The highest BCUT2D eigenvalue weighted by atomic mass is 32.1. The van der Waals surface area contributed by atoms with Crippen LogP contribution in [0.25, 0.3) is 0 Å². The van der Waals surface area contributed by atoms with Crippen LogP contribution in [0, 0.1) is 0 Å². The van der Waals surface area contributed by atoms with E-state index in [2.05, 4.69) is 21.3 Å². The number of thiazole rings is 1. The van der Waals surface area contributed by atoms with E-state index in [1.54, 1.807) is 0 Å². The number of nitrogens with zero attached hydrogens (tertiary/aromatic N) is 2. The molecule has 28 heavy (non-hydrogen) atoms. The number of ether oxygens (including phenoxy) is 1. The number of benzene rings is 1. The van der Waals surface area contributed by atoms with E-state index in [4.69, 9.17) is 4.74 Å². The fraction of sp³-hybridized carbons (Fsp3) is 0.476. The highest BCUT2D eigenvalue weighted by Crippen LogP contribution is 2.23. The second-order valence-corrected chi connectivity index (χ2v) is 8.20. The van der Waals surface area contributed by atoms with Crippen molar-refractivity contribution in [3.63, 3.8) is 0 Å². The number of morpholine rings is 1. The normalized spacial score (nSPS) is 16.7. The molecule has 0 saturated carbocycles. The van der Waals surface area contributed by atoms with E-state index >= 15 is 0 Å². The summed E-state index contributed by atoms with van der Waals surface area (Å²) in [5, 5.41) is 5.39. The maximum Gasteiger partial charge on any atom is 0.226 e. The minimum atomic E-state index is -0.165. The number of amides is 1. The number of carbonyl (C=O) groups excluding carboxylic acids is 2. The number of anilines is 1. The van der Waals surface area contributed by atoms with Crippen LogP contribution in [-0.4, -0.2) is 47.9 Å². The van der Waals surface area contributed by atoms with Crippen LogP contribution in [0.4, 0.5) is 5.13 Å². The van der Waals surface area contributed by atoms with Crippen LogP contribution in [0.15, 0.2) is 23.6 Å². The molecule has 0 bridgehead atoms. The number of hydrogen-bond donors (Lipinski definition) is 1. The first-order chi connectivity index (χ1) is 13.7. The number of fused-ring (bicyclic) bond motifs is 1. The molecule has 0 unspecified atom stereocenters. The third-order valence-corrected chi connectivity index (χ3v) is 6.09. The maximum atomic E-state index is 12.4. The van der Waals surface area contributed by atoms with E-state index in [1.165, 1.54) is 22.5 Å².